The Morgan fingerprint density at radius 3 is 2.74 bits per heavy atom. The molecule has 0 saturated carbocycles. The minimum Gasteiger partial charge on any atom is -0.349 e. The van der Waals surface area contributed by atoms with E-state index < -0.39 is 0 Å². The summed E-state index contributed by atoms with van der Waals surface area (Å²) in [7, 11) is 0. The normalized spacial score (nSPS) is 19.5. The van der Waals surface area contributed by atoms with Gasteiger partial charge in [0.25, 0.3) is 5.91 Å². The SMILES string of the molecule is Cc1nc2cc(C(=O)N[C@@H]3CCN[C@H](C)C3)ccc2n1-c1ccccc1.Cl. The number of fused-ring (bicyclic) bond motifs is 1. The van der Waals surface area contributed by atoms with Gasteiger partial charge in [-0.25, -0.2) is 4.98 Å². The Balaban J connectivity index is 0.00000210. The summed E-state index contributed by atoms with van der Waals surface area (Å²) >= 11 is 0. The van der Waals surface area contributed by atoms with Crippen LogP contribution in [-0.2, 0) is 0 Å². The highest BCUT2D eigenvalue weighted by molar-refractivity contribution is 5.97. The van der Waals surface area contributed by atoms with Gasteiger partial charge in [0.15, 0.2) is 0 Å². The van der Waals surface area contributed by atoms with Crippen LogP contribution in [0, 0.1) is 6.92 Å². The molecule has 1 aromatic heterocycles. The number of carbonyl (C=O) groups excluding carboxylic acids is 1. The lowest BCUT2D eigenvalue weighted by atomic mass is 10.0. The van der Waals surface area contributed by atoms with Gasteiger partial charge in [0.05, 0.1) is 11.0 Å². The molecule has 1 saturated heterocycles. The van der Waals surface area contributed by atoms with Crippen LogP contribution in [0.3, 0.4) is 0 Å². The Hall–Kier alpha value is -2.37. The third-order valence-corrected chi connectivity index (χ3v) is 5.06. The lowest BCUT2D eigenvalue weighted by Gasteiger charge is -2.28. The van der Waals surface area contributed by atoms with E-state index in [1.165, 1.54) is 0 Å². The number of amides is 1. The van der Waals surface area contributed by atoms with Crippen molar-refractivity contribution < 1.29 is 4.79 Å². The van der Waals surface area contributed by atoms with Gasteiger partial charge in [-0.15, -0.1) is 12.4 Å². The Morgan fingerprint density at radius 1 is 1.22 bits per heavy atom. The van der Waals surface area contributed by atoms with E-state index in [1.807, 2.05) is 43.3 Å². The van der Waals surface area contributed by atoms with Gasteiger partial charge < -0.3 is 10.6 Å². The molecule has 142 valence electrons. The van der Waals surface area contributed by atoms with Crippen molar-refractivity contribution in [3.8, 4) is 5.69 Å². The third-order valence-electron chi connectivity index (χ3n) is 5.06. The topological polar surface area (TPSA) is 59.0 Å². The molecular weight excluding hydrogens is 360 g/mol. The molecule has 1 aliphatic rings. The molecule has 4 rings (SSSR count). The van der Waals surface area contributed by atoms with E-state index in [4.69, 9.17) is 0 Å². The van der Waals surface area contributed by atoms with E-state index >= 15 is 0 Å². The molecule has 2 aromatic carbocycles. The number of rotatable bonds is 3. The first-order chi connectivity index (χ1) is 12.6. The van der Waals surface area contributed by atoms with Gasteiger partial charge in [-0.05, 0) is 63.6 Å². The van der Waals surface area contributed by atoms with Crippen LogP contribution in [0.25, 0.3) is 16.7 Å². The lowest BCUT2D eigenvalue weighted by Crippen LogP contribution is -2.46. The number of para-hydroxylation sites is 1. The maximum atomic E-state index is 12.7. The average molecular weight is 385 g/mol. The zero-order valence-corrected chi connectivity index (χ0v) is 16.4. The fraction of sp³-hybridized carbons (Fsp3) is 0.333. The monoisotopic (exact) mass is 384 g/mol. The second kappa shape index (κ2) is 8.11. The number of benzene rings is 2. The fourth-order valence-electron chi connectivity index (χ4n) is 3.78. The van der Waals surface area contributed by atoms with E-state index in [9.17, 15) is 4.79 Å². The Kier molecular flexibility index (Phi) is 5.82. The molecule has 27 heavy (non-hydrogen) atoms. The largest absolute Gasteiger partial charge is 0.349 e. The van der Waals surface area contributed by atoms with Crippen molar-refractivity contribution in [2.24, 2.45) is 0 Å². The highest BCUT2D eigenvalue weighted by Crippen LogP contribution is 2.22. The van der Waals surface area contributed by atoms with Crippen molar-refractivity contribution in [2.75, 3.05) is 6.54 Å². The number of aromatic nitrogens is 2. The third kappa shape index (κ3) is 3.99. The predicted molar refractivity (Wildman–Crippen MR) is 111 cm³/mol. The first kappa shape index (κ1) is 19.4. The maximum Gasteiger partial charge on any atom is 0.251 e. The molecule has 0 radical (unpaired) electrons. The number of aryl methyl sites for hydroxylation is 1. The first-order valence-corrected chi connectivity index (χ1v) is 9.20. The molecule has 1 amide bonds. The van der Waals surface area contributed by atoms with Crippen molar-refractivity contribution in [1.29, 1.82) is 0 Å². The van der Waals surface area contributed by atoms with Gasteiger partial charge in [-0.2, -0.15) is 0 Å². The first-order valence-electron chi connectivity index (χ1n) is 9.20. The minimum absolute atomic E-state index is 0. The van der Waals surface area contributed by atoms with Gasteiger partial charge in [0.2, 0.25) is 0 Å². The van der Waals surface area contributed by atoms with E-state index in [2.05, 4.69) is 39.2 Å². The second-order valence-corrected chi connectivity index (χ2v) is 7.08. The summed E-state index contributed by atoms with van der Waals surface area (Å²) in [6.07, 6.45) is 1.94. The zero-order chi connectivity index (χ0) is 18.1. The van der Waals surface area contributed by atoms with Crippen LogP contribution < -0.4 is 10.6 Å². The number of nitrogens with one attached hydrogen (secondary N) is 2. The van der Waals surface area contributed by atoms with Gasteiger partial charge >= 0.3 is 0 Å². The number of hydrogen-bond donors (Lipinski definition) is 2. The molecule has 5 nitrogen and oxygen atoms in total. The van der Waals surface area contributed by atoms with Crippen molar-refractivity contribution >= 4 is 29.3 Å². The molecule has 0 spiro atoms. The van der Waals surface area contributed by atoms with Crippen LogP contribution >= 0.6 is 12.4 Å². The molecule has 0 bridgehead atoms. The van der Waals surface area contributed by atoms with Crippen LogP contribution in [0.5, 0.6) is 0 Å². The Morgan fingerprint density at radius 2 is 2.00 bits per heavy atom. The Bertz CT molecular complexity index is 938. The molecule has 1 aliphatic heterocycles. The molecule has 0 aliphatic carbocycles. The smallest absolute Gasteiger partial charge is 0.251 e. The van der Waals surface area contributed by atoms with Gasteiger partial charge in [-0.3, -0.25) is 9.36 Å². The van der Waals surface area contributed by atoms with E-state index in [-0.39, 0.29) is 24.4 Å². The summed E-state index contributed by atoms with van der Waals surface area (Å²) in [5.74, 6) is 0.897. The summed E-state index contributed by atoms with van der Waals surface area (Å²) in [5.41, 5.74) is 3.60. The number of hydrogen-bond acceptors (Lipinski definition) is 3. The zero-order valence-electron chi connectivity index (χ0n) is 15.6. The number of carbonyl (C=O) groups is 1. The minimum atomic E-state index is -0.0158. The summed E-state index contributed by atoms with van der Waals surface area (Å²) in [5, 5.41) is 6.58. The average Bonchev–Trinajstić information content (AvgIpc) is 2.97. The molecule has 1 fully saturated rings. The highest BCUT2D eigenvalue weighted by Gasteiger charge is 2.21. The van der Waals surface area contributed by atoms with Gasteiger partial charge in [0, 0.05) is 23.3 Å². The van der Waals surface area contributed by atoms with E-state index in [0.29, 0.717) is 11.6 Å². The fourth-order valence-corrected chi connectivity index (χ4v) is 3.78. The molecular formula is C21H25ClN4O. The molecule has 6 heteroatoms. The van der Waals surface area contributed by atoms with Gasteiger partial charge in [-0.1, -0.05) is 18.2 Å². The maximum absolute atomic E-state index is 12.7. The molecule has 0 unspecified atom stereocenters. The summed E-state index contributed by atoms with van der Waals surface area (Å²) in [6, 6.07) is 16.6. The number of imidazole rings is 1. The molecule has 2 heterocycles. The van der Waals surface area contributed by atoms with Crippen LogP contribution in [0.1, 0.15) is 35.9 Å². The van der Waals surface area contributed by atoms with Crippen LogP contribution in [0.15, 0.2) is 48.5 Å². The number of halogens is 1. The summed E-state index contributed by atoms with van der Waals surface area (Å²) < 4.78 is 2.12. The molecule has 2 atom stereocenters. The number of nitrogens with zero attached hydrogens (tertiary/aromatic N) is 2. The second-order valence-electron chi connectivity index (χ2n) is 7.08. The predicted octanol–water partition coefficient (Wildman–Crippen LogP) is 3.63. The van der Waals surface area contributed by atoms with Crippen LogP contribution in [-0.4, -0.2) is 34.1 Å². The lowest BCUT2D eigenvalue weighted by molar-refractivity contribution is 0.0926. The molecule has 3 aromatic rings. The van der Waals surface area contributed by atoms with E-state index in [1.54, 1.807) is 0 Å². The van der Waals surface area contributed by atoms with Crippen molar-refractivity contribution in [1.82, 2.24) is 20.2 Å². The number of piperidine rings is 1. The molecule has 2 N–H and O–H groups in total. The highest BCUT2D eigenvalue weighted by atomic mass is 35.5. The van der Waals surface area contributed by atoms with Crippen molar-refractivity contribution in [2.45, 2.75) is 38.8 Å². The summed E-state index contributed by atoms with van der Waals surface area (Å²) in [6.45, 7) is 5.10. The van der Waals surface area contributed by atoms with Gasteiger partial charge in [0.1, 0.15) is 5.82 Å². The summed E-state index contributed by atoms with van der Waals surface area (Å²) in [4.78, 5) is 17.3. The standard InChI is InChI=1S/C21H24N4O.ClH/c1-14-12-17(10-11-22-14)24-21(26)16-8-9-20-19(13-16)23-15(2)25(20)18-6-4-3-5-7-18;/h3-9,13-14,17,22H,10-12H2,1-2H3,(H,24,26);1H/t14-,17-;/m1./s1. The van der Waals surface area contributed by atoms with Crippen LogP contribution in [0.2, 0.25) is 0 Å². The van der Waals surface area contributed by atoms with Crippen LogP contribution in [0.4, 0.5) is 0 Å². The van der Waals surface area contributed by atoms with Crippen molar-refractivity contribution in [3.05, 3.63) is 59.9 Å². The quantitative estimate of drug-likeness (QED) is 0.725. The van der Waals surface area contributed by atoms with Crippen molar-refractivity contribution in [3.63, 3.8) is 0 Å². The Labute approximate surface area is 165 Å². The van der Waals surface area contributed by atoms with E-state index in [0.717, 1.165) is 41.9 Å².